The number of Topliss-reactive ketones (excluding diaryl/α,β-unsaturated/α-hetero) is 1. The van der Waals surface area contributed by atoms with Crippen molar-refractivity contribution in [1.82, 2.24) is 15.0 Å². The standard InChI is InChI=1S/C26H24FN5O4S3/c27-17-10-11-20(19(14-17)22(33)16-6-4-5-7-16)30-24(34)32-25-31-21(15-37-18-8-2-1-3-9-18)23(38-25)39(35,36)26-28-12-13-29-26/h1-3,8-14,16H,4-7,15H2,(H,28,29)(H2,30,31,32,34). The van der Waals surface area contributed by atoms with Crippen molar-refractivity contribution in [1.29, 1.82) is 0 Å². The summed E-state index contributed by atoms with van der Waals surface area (Å²) < 4.78 is 40.5. The van der Waals surface area contributed by atoms with Gasteiger partial charge in [-0.25, -0.2) is 27.6 Å². The summed E-state index contributed by atoms with van der Waals surface area (Å²) in [4.78, 5) is 37.7. The van der Waals surface area contributed by atoms with Gasteiger partial charge in [-0.05, 0) is 43.2 Å². The minimum Gasteiger partial charge on any atom is -0.335 e. The maximum Gasteiger partial charge on any atom is 0.325 e. The van der Waals surface area contributed by atoms with Crippen LogP contribution in [0.25, 0.3) is 0 Å². The number of anilines is 2. The third kappa shape index (κ3) is 6.21. The number of imidazole rings is 1. The van der Waals surface area contributed by atoms with Crippen molar-refractivity contribution >= 4 is 55.6 Å². The lowest BCUT2D eigenvalue weighted by molar-refractivity contribution is 0.0923. The lowest BCUT2D eigenvalue weighted by Gasteiger charge is -2.14. The Morgan fingerprint density at radius 3 is 2.59 bits per heavy atom. The Morgan fingerprint density at radius 1 is 1.10 bits per heavy atom. The highest BCUT2D eigenvalue weighted by molar-refractivity contribution is 7.98. The van der Waals surface area contributed by atoms with Gasteiger partial charge in [-0.1, -0.05) is 42.4 Å². The first kappa shape index (κ1) is 27.0. The molecule has 0 saturated heterocycles. The molecule has 0 atom stereocenters. The zero-order valence-electron chi connectivity index (χ0n) is 20.5. The molecule has 2 amide bonds. The predicted molar refractivity (Wildman–Crippen MR) is 147 cm³/mol. The van der Waals surface area contributed by atoms with Crippen LogP contribution in [0.4, 0.5) is 20.0 Å². The van der Waals surface area contributed by atoms with E-state index >= 15 is 0 Å². The van der Waals surface area contributed by atoms with Crippen molar-refractivity contribution in [3.05, 3.63) is 78.0 Å². The number of benzene rings is 2. The molecule has 5 rings (SSSR count). The van der Waals surface area contributed by atoms with Crippen LogP contribution >= 0.6 is 23.1 Å². The molecule has 13 heteroatoms. The highest BCUT2D eigenvalue weighted by Crippen LogP contribution is 2.35. The Morgan fingerprint density at radius 2 is 1.87 bits per heavy atom. The second-order valence-electron chi connectivity index (χ2n) is 8.87. The van der Waals surface area contributed by atoms with Gasteiger partial charge in [0.15, 0.2) is 15.1 Å². The molecule has 0 spiro atoms. The fourth-order valence-electron chi connectivity index (χ4n) is 4.33. The van der Waals surface area contributed by atoms with Crippen molar-refractivity contribution in [2.45, 2.75) is 45.7 Å². The number of hydrogen-bond acceptors (Lipinski definition) is 8. The Bertz CT molecular complexity index is 1590. The molecule has 0 aliphatic heterocycles. The second-order valence-corrected chi connectivity index (χ2v) is 13.0. The average Bonchev–Trinajstić information content (AvgIpc) is 3.71. The van der Waals surface area contributed by atoms with Crippen LogP contribution in [0.1, 0.15) is 41.7 Å². The molecule has 4 aromatic rings. The molecule has 0 unspecified atom stereocenters. The first-order chi connectivity index (χ1) is 18.8. The number of aromatic amines is 1. The van der Waals surface area contributed by atoms with Crippen LogP contribution in [-0.2, 0) is 15.6 Å². The van der Waals surface area contributed by atoms with Crippen LogP contribution in [-0.4, -0.2) is 35.2 Å². The number of sulfone groups is 1. The molecule has 1 aliphatic rings. The quantitative estimate of drug-likeness (QED) is 0.158. The molecular weight excluding hydrogens is 562 g/mol. The largest absolute Gasteiger partial charge is 0.335 e. The first-order valence-electron chi connectivity index (χ1n) is 12.1. The highest BCUT2D eigenvalue weighted by Gasteiger charge is 2.29. The first-order valence-corrected chi connectivity index (χ1v) is 15.4. The smallest absolute Gasteiger partial charge is 0.325 e. The highest BCUT2D eigenvalue weighted by atomic mass is 32.2. The lowest BCUT2D eigenvalue weighted by Crippen LogP contribution is -2.22. The van der Waals surface area contributed by atoms with E-state index in [0.717, 1.165) is 54.0 Å². The molecule has 3 N–H and O–H groups in total. The molecule has 2 aromatic carbocycles. The number of thiazole rings is 1. The second kappa shape index (κ2) is 11.7. The number of halogens is 1. The maximum atomic E-state index is 14.0. The zero-order chi connectivity index (χ0) is 27.4. The fourth-order valence-corrected chi connectivity index (χ4v) is 8.03. The van der Waals surface area contributed by atoms with Gasteiger partial charge < -0.3 is 10.3 Å². The maximum absolute atomic E-state index is 14.0. The number of nitrogens with zero attached hydrogens (tertiary/aromatic N) is 2. The van der Waals surface area contributed by atoms with Crippen LogP contribution in [0.15, 0.2) is 75.2 Å². The van der Waals surface area contributed by atoms with Gasteiger partial charge in [-0.3, -0.25) is 10.1 Å². The van der Waals surface area contributed by atoms with E-state index in [4.69, 9.17) is 0 Å². The van der Waals surface area contributed by atoms with Crippen molar-refractivity contribution in [2.24, 2.45) is 5.92 Å². The molecule has 1 fully saturated rings. The van der Waals surface area contributed by atoms with Crippen molar-refractivity contribution in [2.75, 3.05) is 10.6 Å². The summed E-state index contributed by atoms with van der Waals surface area (Å²) in [7, 11) is -4.02. The molecular formula is C26H24FN5O4S3. The van der Waals surface area contributed by atoms with Gasteiger partial charge in [-0.15, -0.1) is 11.8 Å². The fraction of sp³-hybridized carbons (Fsp3) is 0.231. The van der Waals surface area contributed by atoms with E-state index in [2.05, 4.69) is 25.6 Å². The van der Waals surface area contributed by atoms with Gasteiger partial charge in [0.05, 0.1) is 11.4 Å². The van der Waals surface area contributed by atoms with Gasteiger partial charge in [0.25, 0.3) is 9.84 Å². The molecule has 2 heterocycles. The Balaban J connectivity index is 1.38. The molecule has 1 saturated carbocycles. The van der Waals surface area contributed by atoms with Gasteiger partial charge >= 0.3 is 6.03 Å². The van der Waals surface area contributed by atoms with E-state index in [1.165, 1.54) is 30.2 Å². The van der Waals surface area contributed by atoms with Gasteiger partial charge in [0.1, 0.15) is 5.82 Å². The molecule has 0 bridgehead atoms. The van der Waals surface area contributed by atoms with Gasteiger partial charge in [0.2, 0.25) is 5.16 Å². The Hall–Kier alpha value is -3.55. The molecule has 2 aromatic heterocycles. The number of H-pyrrole nitrogens is 1. The Kier molecular flexibility index (Phi) is 8.10. The van der Waals surface area contributed by atoms with E-state index in [0.29, 0.717) is 0 Å². The number of thioether (sulfide) groups is 1. The third-order valence-corrected chi connectivity index (χ3v) is 10.4. The summed E-state index contributed by atoms with van der Waals surface area (Å²) in [5.41, 5.74) is 0.544. The monoisotopic (exact) mass is 585 g/mol. The number of amides is 2. The number of ketones is 1. The van der Waals surface area contributed by atoms with Gasteiger partial charge in [0, 0.05) is 34.5 Å². The number of nitrogens with one attached hydrogen (secondary N) is 3. The van der Waals surface area contributed by atoms with Crippen molar-refractivity contribution in [3.8, 4) is 0 Å². The van der Waals surface area contributed by atoms with E-state index in [9.17, 15) is 22.4 Å². The zero-order valence-corrected chi connectivity index (χ0v) is 23.0. The summed E-state index contributed by atoms with van der Waals surface area (Å²) in [6.45, 7) is 0. The molecule has 1 aliphatic carbocycles. The summed E-state index contributed by atoms with van der Waals surface area (Å²) >= 11 is 2.20. The summed E-state index contributed by atoms with van der Waals surface area (Å²) in [5, 5.41) is 4.99. The molecule has 39 heavy (non-hydrogen) atoms. The summed E-state index contributed by atoms with van der Waals surface area (Å²) in [6.07, 6.45) is 6.09. The van der Waals surface area contributed by atoms with E-state index in [1.54, 1.807) is 0 Å². The van der Waals surface area contributed by atoms with Gasteiger partial charge in [-0.2, -0.15) is 0 Å². The summed E-state index contributed by atoms with van der Waals surface area (Å²) in [5.74, 6) is -0.746. The third-order valence-electron chi connectivity index (χ3n) is 6.19. The number of carbonyl (C=O) groups excluding carboxylic acids is 2. The Labute approximate surface area is 232 Å². The van der Waals surface area contributed by atoms with E-state index in [-0.39, 0.29) is 48.9 Å². The normalized spacial score (nSPS) is 13.9. The molecule has 202 valence electrons. The van der Waals surface area contributed by atoms with Crippen LogP contribution in [0, 0.1) is 11.7 Å². The number of aromatic nitrogens is 3. The topological polar surface area (TPSA) is 134 Å². The van der Waals surface area contributed by atoms with E-state index in [1.807, 2.05) is 30.3 Å². The number of urea groups is 1. The average molecular weight is 586 g/mol. The predicted octanol–water partition coefficient (Wildman–Crippen LogP) is 6.15. The van der Waals surface area contributed by atoms with Crippen LogP contribution in [0.2, 0.25) is 0 Å². The number of rotatable bonds is 9. The minimum absolute atomic E-state index is 0.0462. The van der Waals surface area contributed by atoms with Crippen LogP contribution < -0.4 is 10.6 Å². The molecule has 9 nitrogen and oxygen atoms in total. The van der Waals surface area contributed by atoms with Crippen molar-refractivity contribution < 1.29 is 22.4 Å². The SMILES string of the molecule is O=C(Nc1nc(CSc2ccccc2)c(S(=O)(=O)c2ncc[nH]2)s1)Nc1ccc(F)cc1C(=O)C1CCCC1. The summed E-state index contributed by atoms with van der Waals surface area (Å²) in [6, 6.07) is 12.3. The lowest BCUT2D eigenvalue weighted by atomic mass is 9.95. The minimum atomic E-state index is -4.02. The number of carbonyl (C=O) groups is 2. The van der Waals surface area contributed by atoms with Crippen molar-refractivity contribution in [3.63, 3.8) is 0 Å². The number of hydrogen-bond donors (Lipinski definition) is 3. The van der Waals surface area contributed by atoms with E-state index < -0.39 is 21.7 Å². The van der Waals surface area contributed by atoms with Crippen LogP contribution in [0.3, 0.4) is 0 Å². The molecule has 0 radical (unpaired) electrons. The van der Waals surface area contributed by atoms with Crippen LogP contribution in [0.5, 0.6) is 0 Å².